The second kappa shape index (κ2) is 6.47. The van der Waals surface area contributed by atoms with Gasteiger partial charge in [0, 0.05) is 4.47 Å². The highest BCUT2D eigenvalue weighted by Gasteiger charge is 2.10. The maximum absolute atomic E-state index is 11.3. The van der Waals surface area contributed by atoms with E-state index >= 15 is 0 Å². The third-order valence-electron chi connectivity index (χ3n) is 1.78. The maximum atomic E-state index is 11.3. The topological polar surface area (TPSA) is 38.3 Å². The molecule has 94 valence electrons. The van der Waals surface area contributed by atoms with Crippen LogP contribution < -0.4 is 5.32 Å². The fourth-order valence-corrected chi connectivity index (χ4v) is 2.52. The van der Waals surface area contributed by atoms with Crippen molar-refractivity contribution in [2.75, 3.05) is 11.9 Å². The molecule has 0 atom stereocenters. The van der Waals surface area contributed by atoms with Gasteiger partial charge in [0.1, 0.15) is 6.54 Å². The fraction of sp³-hybridized carbons (Fsp3) is 0.364. The molecule has 0 aliphatic rings. The number of esters is 1. The Hall–Kier alpha value is -0.450. The molecule has 0 heterocycles. The van der Waals surface area contributed by atoms with Gasteiger partial charge in [-0.3, -0.25) is 4.79 Å². The molecule has 1 rings (SSSR count). The molecule has 0 aromatic heterocycles. The number of hydrogen-bond donors (Lipinski definition) is 1. The lowest BCUT2D eigenvalue weighted by Gasteiger charge is -2.12. The van der Waals surface area contributed by atoms with Gasteiger partial charge in [0.15, 0.2) is 0 Å². The predicted molar refractivity (Wildman–Crippen MR) is 73.9 cm³/mol. The minimum absolute atomic E-state index is 0.0270. The molecule has 0 aliphatic carbocycles. The average Bonchev–Trinajstić information content (AvgIpc) is 2.14. The van der Waals surface area contributed by atoms with Crippen molar-refractivity contribution >= 4 is 50.8 Å². The number of rotatable bonds is 4. The van der Waals surface area contributed by atoms with Gasteiger partial charge in [0.25, 0.3) is 0 Å². The summed E-state index contributed by atoms with van der Waals surface area (Å²) in [5, 5.41) is 3.75. The molecule has 1 N–H and O–H groups in total. The lowest BCUT2D eigenvalue weighted by atomic mass is 10.3. The first kappa shape index (κ1) is 14.6. The Balaban J connectivity index is 2.67. The van der Waals surface area contributed by atoms with E-state index < -0.39 is 0 Å². The van der Waals surface area contributed by atoms with Gasteiger partial charge in [0.05, 0.1) is 21.8 Å². The summed E-state index contributed by atoms with van der Waals surface area (Å²) in [5.41, 5.74) is 0.525. The minimum Gasteiger partial charge on any atom is -0.462 e. The molecule has 0 amide bonds. The molecule has 0 spiro atoms. The highest BCUT2D eigenvalue weighted by atomic mass is 79.9. The number of halogens is 3. The molecule has 17 heavy (non-hydrogen) atoms. The highest BCUT2D eigenvalue weighted by Crippen LogP contribution is 2.33. The number of hydrogen-bond acceptors (Lipinski definition) is 3. The van der Waals surface area contributed by atoms with Crippen molar-refractivity contribution in [3.8, 4) is 0 Å². The Morgan fingerprint density at radius 1 is 1.41 bits per heavy atom. The van der Waals surface area contributed by atoms with Gasteiger partial charge in [-0.1, -0.05) is 39.1 Å². The fourth-order valence-electron chi connectivity index (χ4n) is 1.18. The highest BCUT2D eigenvalue weighted by molar-refractivity contribution is 9.10. The summed E-state index contributed by atoms with van der Waals surface area (Å²) in [6.45, 7) is 3.61. The maximum Gasteiger partial charge on any atom is 0.325 e. The monoisotopic (exact) mass is 339 g/mol. The summed E-state index contributed by atoms with van der Waals surface area (Å²) >= 11 is 15.3. The molecule has 0 aliphatic heterocycles. The molecule has 1 aromatic rings. The Labute approximate surface area is 119 Å². The second-order valence-electron chi connectivity index (χ2n) is 3.64. The van der Waals surface area contributed by atoms with Crippen LogP contribution in [0.3, 0.4) is 0 Å². The Kier molecular flexibility index (Phi) is 5.56. The molecule has 0 saturated carbocycles. The average molecular weight is 341 g/mol. The summed E-state index contributed by atoms with van der Waals surface area (Å²) in [6, 6.07) is 3.40. The zero-order chi connectivity index (χ0) is 13.0. The third kappa shape index (κ3) is 4.74. The third-order valence-corrected chi connectivity index (χ3v) is 2.84. The molecule has 3 nitrogen and oxygen atoms in total. The van der Waals surface area contributed by atoms with Crippen LogP contribution in [0.1, 0.15) is 13.8 Å². The quantitative estimate of drug-likeness (QED) is 0.838. The first-order valence-corrected chi connectivity index (χ1v) is 6.53. The van der Waals surface area contributed by atoms with E-state index in [-0.39, 0.29) is 18.6 Å². The molecular formula is C11H12BrCl2NO2. The number of carbonyl (C=O) groups excluding carboxylic acids is 1. The lowest BCUT2D eigenvalue weighted by molar-refractivity contribution is -0.145. The first-order chi connectivity index (χ1) is 7.90. The number of benzene rings is 1. The SMILES string of the molecule is CC(C)OC(=O)CNc1c(Cl)cc(Br)cc1Cl. The van der Waals surface area contributed by atoms with Crippen LogP contribution in [0.5, 0.6) is 0 Å². The molecular weight excluding hydrogens is 329 g/mol. The minimum atomic E-state index is -0.352. The summed E-state index contributed by atoms with van der Waals surface area (Å²) in [5.74, 6) is -0.352. The smallest absolute Gasteiger partial charge is 0.325 e. The van der Waals surface area contributed by atoms with Gasteiger partial charge in [-0.15, -0.1) is 0 Å². The van der Waals surface area contributed by atoms with E-state index in [0.29, 0.717) is 15.7 Å². The zero-order valence-electron chi connectivity index (χ0n) is 9.39. The van der Waals surface area contributed by atoms with Gasteiger partial charge < -0.3 is 10.1 Å². The normalized spacial score (nSPS) is 10.5. The summed E-state index contributed by atoms with van der Waals surface area (Å²) in [4.78, 5) is 11.3. The van der Waals surface area contributed by atoms with Crippen LogP contribution in [-0.2, 0) is 9.53 Å². The molecule has 0 unspecified atom stereocenters. The van der Waals surface area contributed by atoms with E-state index in [2.05, 4.69) is 21.2 Å². The van der Waals surface area contributed by atoms with Gasteiger partial charge in [-0.2, -0.15) is 0 Å². The number of ether oxygens (including phenoxy) is 1. The molecule has 0 fully saturated rings. The van der Waals surface area contributed by atoms with Crippen LogP contribution in [0.2, 0.25) is 10.0 Å². The van der Waals surface area contributed by atoms with Crippen molar-refractivity contribution in [2.45, 2.75) is 20.0 Å². The van der Waals surface area contributed by atoms with Crippen molar-refractivity contribution in [2.24, 2.45) is 0 Å². The standard InChI is InChI=1S/C11H12BrCl2NO2/c1-6(2)17-10(16)5-15-11-8(13)3-7(12)4-9(11)14/h3-4,6,15H,5H2,1-2H3. The number of anilines is 1. The van der Waals surface area contributed by atoms with E-state index in [1.165, 1.54) is 0 Å². The Morgan fingerprint density at radius 3 is 2.41 bits per heavy atom. The van der Waals surface area contributed by atoms with E-state index in [4.69, 9.17) is 27.9 Å². The van der Waals surface area contributed by atoms with Gasteiger partial charge >= 0.3 is 5.97 Å². The van der Waals surface area contributed by atoms with E-state index in [1.54, 1.807) is 26.0 Å². The predicted octanol–water partition coefficient (Wildman–Crippen LogP) is 4.12. The molecule has 0 radical (unpaired) electrons. The van der Waals surface area contributed by atoms with Crippen LogP contribution in [0.15, 0.2) is 16.6 Å². The molecule has 6 heteroatoms. The van der Waals surface area contributed by atoms with Crippen molar-refractivity contribution in [1.82, 2.24) is 0 Å². The molecule has 0 bridgehead atoms. The zero-order valence-corrected chi connectivity index (χ0v) is 12.5. The van der Waals surface area contributed by atoms with Crippen LogP contribution in [-0.4, -0.2) is 18.6 Å². The Bertz CT molecular complexity index is 401. The van der Waals surface area contributed by atoms with Crippen molar-refractivity contribution in [1.29, 1.82) is 0 Å². The first-order valence-electron chi connectivity index (χ1n) is 4.98. The lowest BCUT2D eigenvalue weighted by Crippen LogP contribution is -2.20. The summed E-state index contributed by atoms with van der Waals surface area (Å²) < 4.78 is 5.76. The largest absolute Gasteiger partial charge is 0.462 e. The number of nitrogens with one attached hydrogen (secondary N) is 1. The van der Waals surface area contributed by atoms with Crippen LogP contribution in [0, 0.1) is 0 Å². The van der Waals surface area contributed by atoms with Crippen molar-refractivity contribution in [3.63, 3.8) is 0 Å². The summed E-state index contributed by atoms with van der Waals surface area (Å²) in [6.07, 6.45) is -0.139. The van der Waals surface area contributed by atoms with Crippen LogP contribution in [0.4, 0.5) is 5.69 Å². The summed E-state index contributed by atoms with van der Waals surface area (Å²) in [7, 11) is 0. The van der Waals surface area contributed by atoms with Crippen LogP contribution >= 0.6 is 39.1 Å². The van der Waals surface area contributed by atoms with Crippen molar-refractivity contribution < 1.29 is 9.53 Å². The van der Waals surface area contributed by atoms with Gasteiger partial charge in [-0.25, -0.2) is 0 Å². The van der Waals surface area contributed by atoms with E-state index in [9.17, 15) is 4.79 Å². The van der Waals surface area contributed by atoms with Crippen molar-refractivity contribution in [3.05, 3.63) is 26.7 Å². The van der Waals surface area contributed by atoms with E-state index in [1.807, 2.05) is 0 Å². The molecule has 1 aromatic carbocycles. The van der Waals surface area contributed by atoms with Crippen LogP contribution in [0.25, 0.3) is 0 Å². The van der Waals surface area contributed by atoms with Gasteiger partial charge in [-0.05, 0) is 26.0 Å². The molecule has 0 saturated heterocycles. The number of carbonyl (C=O) groups is 1. The Morgan fingerprint density at radius 2 is 1.94 bits per heavy atom. The van der Waals surface area contributed by atoms with E-state index in [0.717, 1.165) is 4.47 Å². The van der Waals surface area contributed by atoms with Gasteiger partial charge in [0.2, 0.25) is 0 Å². The second-order valence-corrected chi connectivity index (χ2v) is 5.37.